The van der Waals surface area contributed by atoms with Crippen molar-refractivity contribution in [2.24, 2.45) is 0 Å². The third kappa shape index (κ3) is 4.86. The maximum Gasteiger partial charge on any atom is 0.337 e. The van der Waals surface area contributed by atoms with Crippen LogP contribution in [0.15, 0.2) is 42.5 Å². The topological polar surface area (TPSA) is 78.3 Å². The maximum absolute atomic E-state index is 12.6. The maximum atomic E-state index is 12.6. The molecule has 3 rings (SSSR count). The van der Waals surface area contributed by atoms with E-state index in [4.69, 9.17) is 9.47 Å². The number of hydrogen-bond acceptors (Lipinski definition) is 5. The molecule has 7 heteroatoms. The molecule has 1 unspecified atom stereocenters. The second-order valence-electron chi connectivity index (χ2n) is 7.00. The van der Waals surface area contributed by atoms with Gasteiger partial charge in [0.1, 0.15) is 17.5 Å². The number of ether oxygens (including phenoxy) is 3. The molecule has 2 aromatic carbocycles. The Bertz CT molecular complexity index is 866. The average Bonchev–Trinajstić information content (AvgIpc) is 3.20. The molecule has 1 saturated heterocycles. The Hall–Kier alpha value is -3.06. The van der Waals surface area contributed by atoms with Crippen LogP contribution in [-0.2, 0) is 9.53 Å². The number of quaternary nitrogens is 1. The summed E-state index contributed by atoms with van der Waals surface area (Å²) in [5.41, 5.74) is 2.19. The van der Waals surface area contributed by atoms with Crippen LogP contribution in [0.3, 0.4) is 0 Å². The molecule has 1 fully saturated rings. The summed E-state index contributed by atoms with van der Waals surface area (Å²) in [4.78, 5) is 25.3. The lowest BCUT2D eigenvalue weighted by molar-refractivity contribution is -0.910. The largest absolute Gasteiger partial charge is 0.497 e. The van der Waals surface area contributed by atoms with Gasteiger partial charge in [0.2, 0.25) is 0 Å². The van der Waals surface area contributed by atoms with Gasteiger partial charge in [0.15, 0.2) is 6.54 Å². The smallest absolute Gasteiger partial charge is 0.337 e. The molecule has 0 saturated carbocycles. The number of benzene rings is 2. The van der Waals surface area contributed by atoms with Crippen LogP contribution in [0, 0.1) is 0 Å². The van der Waals surface area contributed by atoms with Crippen molar-refractivity contribution in [2.75, 3.05) is 39.7 Å². The van der Waals surface area contributed by atoms with Gasteiger partial charge in [-0.2, -0.15) is 0 Å². The van der Waals surface area contributed by atoms with E-state index in [0.717, 1.165) is 36.4 Å². The first-order valence-electron chi connectivity index (χ1n) is 9.60. The van der Waals surface area contributed by atoms with Crippen LogP contribution in [0.25, 0.3) is 0 Å². The fourth-order valence-corrected chi connectivity index (χ4v) is 3.82. The van der Waals surface area contributed by atoms with Crippen molar-refractivity contribution in [3.8, 4) is 11.5 Å². The second-order valence-corrected chi connectivity index (χ2v) is 7.00. The van der Waals surface area contributed by atoms with Crippen molar-refractivity contribution in [1.29, 1.82) is 0 Å². The zero-order valence-electron chi connectivity index (χ0n) is 17.0. The molecule has 2 N–H and O–H groups in total. The van der Waals surface area contributed by atoms with E-state index in [-0.39, 0.29) is 11.9 Å². The number of likely N-dealkylation sites (tertiary alicyclic amines) is 1. The van der Waals surface area contributed by atoms with Gasteiger partial charge in [-0.15, -0.1) is 0 Å². The van der Waals surface area contributed by atoms with Crippen LogP contribution < -0.4 is 19.7 Å². The molecule has 1 aliphatic heterocycles. The Labute approximate surface area is 170 Å². The number of anilines is 1. The molecule has 0 aromatic heterocycles. The zero-order chi connectivity index (χ0) is 20.8. The van der Waals surface area contributed by atoms with Gasteiger partial charge in [0.05, 0.1) is 39.0 Å². The van der Waals surface area contributed by atoms with Gasteiger partial charge in [-0.3, -0.25) is 4.79 Å². The highest BCUT2D eigenvalue weighted by Crippen LogP contribution is 2.31. The van der Waals surface area contributed by atoms with Crippen LogP contribution >= 0.6 is 0 Å². The van der Waals surface area contributed by atoms with Gasteiger partial charge in [-0.25, -0.2) is 4.79 Å². The van der Waals surface area contributed by atoms with Crippen molar-refractivity contribution in [3.63, 3.8) is 0 Å². The van der Waals surface area contributed by atoms with E-state index in [1.807, 2.05) is 18.2 Å². The van der Waals surface area contributed by atoms with E-state index in [2.05, 4.69) is 10.1 Å². The Morgan fingerprint density at radius 3 is 2.48 bits per heavy atom. The van der Waals surface area contributed by atoms with E-state index in [1.54, 1.807) is 38.5 Å². The Balaban J connectivity index is 1.66. The third-order valence-corrected chi connectivity index (χ3v) is 5.28. The predicted octanol–water partition coefficient (Wildman–Crippen LogP) is 1.85. The summed E-state index contributed by atoms with van der Waals surface area (Å²) in [7, 11) is 4.62. The number of methoxy groups -OCH3 is 3. The summed E-state index contributed by atoms with van der Waals surface area (Å²) in [6.07, 6.45) is 2.05. The van der Waals surface area contributed by atoms with Crippen LogP contribution in [0.4, 0.5) is 5.69 Å². The average molecular weight is 399 g/mol. The van der Waals surface area contributed by atoms with Crippen LogP contribution in [0.1, 0.15) is 34.8 Å². The molecule has 29 heavy (non-hydrogen) atoms. The monoisotopic (exact) mass is 399 g/mol. The number of hydrogen-bond donors (Lipinski definition) is 2. The quantitative estimate of drug-likeness (QED) is 0.695. The molecule has 1 heterocycles. The highest BCUT2D eigenvalue weighted by molar-refractivity contribution is 5.93. The van der Waals surface area contributed by atoms with Crippen molar-refractivity contribution in [1.82, 2.24) is 0 Å². The SMILES string of the molecule is COC(=O)c1ccc(NC(=O)C[NH+]2CCC[C@H]2c2ccc(OC)cc2OC)cc1. The molecule has 2 atom stereocenters. The van der Waals surface area contributed by atoms with Gasteiger partial charge >= 0.3 is 5.97 Å². The minimum atomic E-state index is -0.402. The van der Waals surface area contributed by atoms with Gasteiger partial charge < -0.3 is 24.4 Å². The summed E-state index contributed by atoms with van der Waals surface area (Å²) in [5.74, 6) is 1.07. The summed E-state index contributed by atoms with van der Waals surface area (Å²) in [6.45, 7) is 1.28. The van der Waals surface area contributed by atoms with Crippen LogP contribution in [0.5, 0.6) is 11.5 Å². The zero-order valence-corrected chi connectivity index (χ0v) is 17.0. The lowest BCUT2D eigenvalue weighted by Crippen LogP contribution is -3.11. The predicted molar refractivity (Wildman–Crippen MR) is 109 cm³/mol. The molecule has 0 bridgehead atoms. The highest BCUT2D eigenvalue weighted by atomic mass is 16.5. The van der Waals surface area contributed by atoms with Crippen molar-refractivity contribution < 1.29 is 28.7 Å². The summed E-state index contributed by atoms with van der Waals surface area (Å²) in [5, 5.41) is 2.91. The minimum absolute atomic E-state index is 0.0646. The standard InChI is InChI=1S/C22H26N2O5/c1-27-17-10-11-18(20(13-17)28-2)19-5-4-12-24(19)14-21(25)23-16-8-6-15(7-9-16)22(26)29-3/h6-11,13,19H,4-5,12,14H2,1-3H3,(H,23,25)/p+1/t19-/m0/s1. The van der Waals surface area contributed by atoms with Gasteiger partial charge in [-0.05, 0) is 36.4 Å². The summed E-state index contributed by atoms with van der Waals surface area (Å²) >= 11 is 0. The Morgan fingerprint density at radius 2 is 1.83 bits per heavy atom. The molecular weight excluding hydrogens is 372 g/mol. The van der Waals surface area contributed by atoms with Gasteiger partial charge in [0.25, 0.3) is 5.91 Å². The van der Waals surface area contributed by atoms with Crippen molar-refractivity contribution in [2.45, 2.75) is 18.9 Å². The molecule has 0 aliphatic carbocycles. The number of rotatable bonds is 7. The lowest BCUT2D eigenvalue weighted by Gasteiger charge is -2.23. The number of carbonyl (C=O) groups excluding carboxylic acids is 2. The molecule has 1 aliphatic rings. The number of carbonyl (C=O) groups is 2. The molecular formula is C22H27N2O5+. The first kappa shape index (κ1) is 20.7. The molecule has 154 valence electrons. The highest BCUT2D eigenvalue weighted by Gasteiger charge is 2.33. The fourth-order valence-electron chi connectivity index (χ4n) is 3.82. The van der Waals surface area contributed by atoms with Gasteiger partial charge in [-0.1, -0.05) is 0 Å². The fraction of sp³-hybridized carbons (Fsp3) is 0.364. The first-order valence-corrected chi connectivity index (χ1v) is 9.60. The summed E-state index contributed by atoms with van der Waals surface area (Å²) in [6, 6.07) is 12.7. The van der Waals surface area contributed by atoms with E-state index in [1.165, 1.54) is 12.0 Å². The van der Waals surface area contributed by atoms with E-state index >= 15 is 0 Å². The van der Waals surface area contributed by atoms with E-state index in [9.17, 15) is 9.59 Å². The summed E-state index contributed by atoms with van der Waals surface area (Å²) < 4.78 is 15.5. The van der Waals surface area contributed by atoms with E-state index in [0.29, 0.717) is 17.8 Å². The Kier molecular flexibility index (Phi) is 6.72. The Morgan fingerprint density at radius 1 is 1.07 bits per heavy atom. The molecule has 0 spiro atoms. The third-order valence-electron chi connectivity index (χ3n) is 5.28. The van der Waals surface area contributed by atoms with Crippen LogP contribution in [0.2, 0.25) is 0 Å². The number of nitrogens with one attached hydrogen (secondary N) is 2. The second kappa shape index (κ2) is 9.43. The molecule has 2 aromatic rings. The molecule has 1 amide bonds. The minimum Gasteiger partial charge on any atom is -0.497 e. The van der Waals surface area contributed by atoms with Crippen molar-refractivity contribution in [3.05, 3.63) is 53.6 Å². The van der Waals surface area contributed by atoms with Crippen molar-refractivity contribution >= 4 is 17.6 Å². The van der Waals surface area contributed by atoms with E-state index < -0.39 is 5.97 Å². The van der Waals surface area contributed by atoms with Crippen LogP contribution in [-0.4, -0.2) is 46.3 Å². The normalized spacial score (nSPS) is 18.2. The van der Waals surface area contributed by atoms with Gasteiger partial charge in [0, 0.05) is 24.6 Å². The molecule has 7 nitrogen and oxygen atoms in total. The molecule has 0 radical (unpaired) electrons. The lowest BCUT2D eigenvalue weighted by atomic mass is 10.0. The number of esters is 1. The number of amides is 1. The first-order chi connectivity index (χ1) is 14.0.